The van der Waals surface area contributed by atoms with Crippen LogP contribution in [0, 0.1) is 7.14 Å². The Balaban J connectivity index is 2.77. The Morgan fingerprint density at radius 1 is 1.37 bits per heavy atom. The molecule has 1 unspecified atom stereocenters. The lowest BCUT2D eigenvalue weighted by Gasteiger charge is -2.22. The number of carbonyl (C=O) groups excluding carboxylic acids is 1. The first kappa shape index (κ1) is 17.0. The van der Waals surface area contributed by atoms with Gasteiger partial charge in [-0.3, -0.25) is 4.79 Å². The van der Waals surface area contributed by atoms with Crippen LogP contribution in [0.25, 0.3) is 0 Å². The van der Waals surface area contributed by atoms with Gasteiger partial charge in [0.25, 0.3) is 0 Å². The van der Waals surface area contributed by atoms with Gasteiger partial charge in [0.2, 0.25) is 0 Å². The van der Waals surface area contributed by atoms with Gasteiger partial charge >= 0.3 is 5.97 Å². The molecule has 0 aliphatic rings. The second kappa shape index (κ2) is 6.57. The quantitative estimate of drug-likeness (QED) is 0.507. The van der Waals surface area contributed by atoms with E-state index in [1.807, 2.05) is 32.9 Å². The third kappa shape index (κ3) is 5.42. The molecule has 1 atom stereocenters. The number of esters is 1. The fourth-order valence-electron chi connectivity index (χ4n) is 1.45. The number of ether oxygens (including phenoxy) is 1. The molecule has 1 aromatic carbocycles. The molecule has 6 heteroatoms. The van der Waals surface area contributed by atoms with Crippen molar-refractivity contribution in [2.75, 3.05) is 0 Å². The van der Waals surface area contributed by atoms with Crippen LogP contribution in [-0.4, -0.2) is 22.7 Å². The van der Waals surface area contributed by atoms with Crippen molar-refractivity contribution in [1.29, 1.82) is 0 Å². The van der Waals surface area contributed by atoms with Crippen molar-refractivity contribution in [3.05, 3.63) is 24.8 Å². The molecule has 0 aliphatic carbocycles. The SMILES string of the molecule is CC(C)(C)OC(=O)C(N)Cc1cc(I)c(O)c(I)c1. The van der Waals surface area contributed by atoms with Crippen LogP contribution in [0.3, 0.4) is 0 Å². The maximum absolute atomic E-state index is 11.8. The lowest BCUT2D eigenvalue weighted by molar-refractivity contribution is -0.156. The second-order valence-corrected chi connectivity index (χ2v) is 7.58. The Hall–Kier alpha value is -0.0900. The normalized spacial score (nSPS) is 13.2. The van der Waals surface area contributed by atoms with Crippen LogP contribution < -0.4 is 5.73 Å². The Kier molecular flexibility index (Phi) is 5.87. The number of rotatable bonds is 3. The van der Waals surface area contributed by atoms with Crippen LogP contribution in [-0.2, 0) is 16.0 Å². The van der Waals surface area contributed by atoms with Gasteiger partial charge in [-0.05, 0) is 90.1 Å². The number of aromatic hydroxyl groups is 1. The number of phenols is 1. The summed E-state index contributed by atoms with van der Waals surface area (Å²) in [6.45, 7) is 5.43. The molecule has 0 aromatic heterocycles. The molecule has 1 aromatic rings. The van der Waals surface area contributed by atoms with E-state index in [0.717, 1.165) is 12.7 Å². The standard InChI is InChI=1S/C13H17I2NO3/c1-13(2,3)19-12(18)10(16)6-7-4-8(14)11(17)9(15)5-7/h4-5,10,17H,6,16H2,1-3H3. The first-order chi connectivity index (χ1) is 8.60. The summed E-state index contributed by atoms with van der Waals surface area (Å²) in [7, 11) is 0. The van der Waals surface area contributed by atoms with E-state index in [1.54, 1.807) is 0 Å². The molecule has 0 aliphatic heterocycles. The van der Waals surface area contributed by atoms with Crippen LogP contribution in [0.4, 0.5) is 0 Å². The monoisotopic (exact) mass is 489 g/mol. The molecule has 0 spiro atoms. The van der Waals surface area contributed by atoms with Crippen molar-refractivity contribution < 1.29 is 14.6 Å². The molecule has 0 radical (unpaired) electrons. The number of phenolic OH excluding ortho intramolecular Hbond substituents is 1. The van der Waals surface area contributed by atoms with Gasteiger partial charge in [0.1, 0.15) is 17.4 Å². The summed E-state index contributed by atoms with van der Waals surface area (Å²) < 4.78 is 6.73. The number of benzene rings is 1. The fraction of sp³-hybridized carbons (Fsp3) is 0.462. The maximum Gasteiger partial charge on any atom is 0.323 e. The highest BCUT2D eigenvalue weighted by atomic mass is 127. The molecular formula is C13H17I2NO3. The highest BCUT2D eigenvalue weighted by Crippen LogP contribution is 2.27. The summed E-state index contributed by atoms with van der Waals surface area (Å²) in [5, 5.41) is 9.69. The van der Waals surface area contributed by atoms with Gasteiger partial charge in [0.15, 0.2) is 0 Å². The average Bonchev–Trinajstić information content (AvgIpc) is 2.23. The highest BCUT2D eigenvalue weighted by Gasteiger charge is 2.22. The molecule has 0 heterocycles. The third-order valence-corrected chi connectivity index (χ3v) is 3.89. The number of nitrogens with two attached hydrogens (primary N) is 1. The highest BCUT2D eigenvalue weighted by molar-refractivity contribution is 14.1. The smallest absolute Gasteiger partial charge is 0.323 e. The lowest BCUT2D eigenvalue weighted by Crippen LogP contribution is -2.38. The minimum atomic E-state index is -0.699. The van der Waals surface area contributed by atoms with Crippen LogP contribution in [0.5, 0.6) is 5.75 Å². The Morgan fingerprint density at radius 3 is 2.26 bits per heavy atom. The number of hydrogen-bond donors (Lipinski definition) is 2. The van der Waals surface area contributed by atoms with E-state index in [4.69, 9.17) is 10.5 Å². The van der Waals surface area contributed by atoms with E-state index in [9.17, 15) is 9.90 Å². The van der Waals surface area contributed by atoms with Crippen molar-refractivity contribution in [3.8, 4) is 5.75 Å². The van der Waals surface area contributed by atoms with Crippen LogP contribution in [0.15, 0.2) is 12.1 Å². The molecule has 3 N–H and O–H groups in total. The third-order valence-electron chi connectivity index (χ3n) is 2.24. The van der Waals surface area contributed by atoms with E-state index in [-0.39, 0.29) is 5.75 Å². The van der Waals surface area contributed by atoms with Crippen LogP contribution in [0.1, 0.15) is 26.3 Å². The van der Waals surface area contributed by atoms with Gasteiger partial charge in [0.05, 0.1) is 7.14 Å². The largest absolute Gasteiger partial charge is 0.506 e. The van der Waals surface area contributed by atoms with Gasteiger partial charge in [0, 0.05) is 0 Å². The summed E-state index contributed by atoms with van der Waals surface area (Å²) >= 11 is 4.10. The predicted molar refractivity (Wildman–Crippen MR) is 91.1 cm³/mol. The topological polar surface area (TPSA) is 72.5 Å². The minimum Gasteiger partial charge on any atom is -0.506 e. The molecule has 106 valence electrons. The molecule has 0 amide bonds. The Labute approximate surface area is 140 Å². The Morgan fingerprint density at radius 2 is 1.84 bits per heavy atom. The van der Waals surface area contributed by atoms with Crippen molar-refractivity contribution >= 4 is 51.2 Å². The van der Waals surface area contributed by atoms with Crippen molar-refractivity contribution in [1.82, 2.24) is 0 Å². The first-order valence-corrected chi connectivity index (χ1v) is 7.91. The molecule has 0 bridgehead atoms. The van der Waals surface area contributed by atoms with Crippen molar-refractivity contribution in [3.63, 3.8) is 0 Å². The van der Waals surface area contributed by atoms with Crippen molar-refractivity contribution in [2.45, 2.75) is 38.8 Å². The average molecular weight is 489 g/mol. The van der Waals surface area contributed by atoms with Crippen LogP contribution in [0.2, 0.25) is 0 Å². The fourth-order valence-corrected chi connectivity index (χ4v) is 3.35. The lowest BCUT2D eigenvalue weighted by atomic mass is 10.1. The van der Waals surface area contributed by atoms with Gasteiger partial charge in [-0.1, -0.05) is 0 Å². The summed E-state index contributed by atoms with van der Waals surface area (Å²) in [5.41, 5.74) is 6.22. The molecular weight excluding hydrogens is 472 g/mol. The molecule has 0 fully saturated rings. The summed E-state index contributed by atoms with van der Waals surface area (Å²) in [6, 6.07) is 2.94. The van der Waals surface area contributed by atoms with Crippen molar-refractivity contribution in [2.24, 2.45) is 5.73 Å². The number of halogens is 2. The van der Waals surface area contributed by atoms with E-state index in [1.165, 1.54) is 0 Å². The minimum absolute atomic E-state index is 0.260. The summed E-state index contributed by atoms with van der Waals surface area (Å²) in [4.78, 5) is 11.8. The van der Waals surface area contributed by atoms with Gasteiger partial charge in [-0.25, -0.2) is 0 Å². The molecule has 1 rings (SSSR count). The van der Waals surface area contributed by atoms with Gasteiger partial charge in [-0.2, -0.15) is 0 Å². The number of hydrogen-bond acceptors (Lipinski definition) is 4. The molecule has 0 saturated heterocycles. The number of carbonyl (C=O) groups is 1. The first-order valence-electron chi connectivity index (χ1n) is 5.75. The van der Waals surface area contributed by atoms with E-state index in [2.05, 4.69) is 45.2 Å². The van der Waals surface area contributed by atoms with E-state index < -0.39 is 17.6 Å². The maximum atomic E-state index is 11.8. The molecule has 0 saturated carbocycles. The zero-order valence-corrected chi connectivity index (χ0v) is 15.4. The molecule has 4 nitrogen and oxygen atoms in total. The van der Waals surface area contributed by atoms with E-state index in [0.29, 0.717) is 6.42 Å². The Bertz CT molecular complexity index is 460. The zero-order valence-electron chi connectivity index (χ0n) is 11.0. The second-order valence-electron chi connectivity index (χ2n) is 5.25. The predicted octanol–water partition coefficient (Wildman–Crippen LogP) is 2.81. The van der Waals surface area contributed by atoms with Gasteiger partial charge < -0.3 is 15.6 Å². The molecule has 19 heavy (non-hydrogen) atoms. The van der Waals surface area contributed by atoms with Crippen LogP contribution >= 0.6 is 45.2 Å². The van der Waals surface area contributed by atoms with Gasteiger partial charge in [-0.15, -0.1) is 0 Å². The summed E-state index contributed by atoms with van der Waals surface area (Å²) in [6.07, 6.45) is 0.390. The van der Waals surface area contributed by atoms with E-state index >= 15 is 0 Å². The zero-order chi connectivity index (χ0) is 14.8. The summed E-state index contributed by atoms with van der Waals surface area (Å²) in [5.74, 6) is -0.151.